The van der Waals surface area contributed by atoms with E-state index in [1.165, 1.54) is 28.0 Å². The van der Waals surface area contributed by atoms with Gasteiger partial charge in [0.2, 0.25) is 0 Å². The molecular weight excluding hydrogens is 532 g/mol. The van der Waals surface area contributed by atoms with E-state index in [1.54, 1.807) is 64.3 Å². The first-order valence-electron chi connectivity index (χ1n) is 12.5. The van der Waals surface area contributed by atoms with Gasteiger partial charge in [-0.1, -0.05) is 35.6 Å². The molecule has 9 nitrogen and oxygen atoms in total. The third kappa shape index (κ3) is 4.89. The van der Waals surface area contributed by atoms with Gasteiger partial charge >= 0.3 is 5.97 Å². The molecule has 0 fully saturated rings. The van der Waals surface area contributed by atoms with Gasteiger partial charge < -0.3 is 23.8 Å². The summed E-state index contributed by atoms with van der Waals surface area (Å²) in [6.07, 6.45) is 1.63. The number of hydrogen-bond acceptors (Lipinski definition) is 9. The summed E-state index contributed by atoms with van der Waals surface area (Å²) in [5, 5.41) is 11.2. The number of thiazole rings is 1. The van der Waals surface area contributed by atoms with Crippen LogP contribution in [0.1, 0.15) is 47.1 Å². The number of carboxylic acid groups (broad SMARTS) is 1. The molecule has 40 heavy (non-hydrogen) atoms. The van der Waals surface area contributed by atoms with Crippen molar-refractivity contribution in [3.05, 3.63) is 108 Å². The summed E-state index contributed by atoms with van der Waals surface area (Å²) < 4.78 is 18.5. The number of methoxy groups -OCH3 is 1. The van der Waals surface area contributed by atoms with Crippen molar-refractivity contribution >= 4 is 29.4 Å². The molecule has 0 saturated heterocycles. The third-order valence-corrected chi connectivity index (χ3v) is 7.56. The molecule has 204 valence electrons. The van der Waals surface area contributed by atoms with Crippen LogP contribution in [0.15, 0.2) is 80.1 Å². The summed E-state index contributed by atoms with van der Waals surface area (Å²) >= 11 is 1.19. The number of aryl methyl sites for hydroxylation is 1. The molecule has 0 amide bonds. The topological polar surface area (TPSA) is 123 Å². The maximum absolute atomic E-state index is 13.8. The molecule has 1 aliphatic rings. The van der Waals surface area contributed by atoms with E-state index in [9.17, 15) is 19.5 Å². The Kier molecular flexibility index (Phi) is 7.27. The lowest BCUT2D eigenvalue weighted by Gasteiger charge is -2.24. The van der Waals surface area contributed by atoms with Crippen LogP contribution in [0.2, 0.25) is 0 Å². The van der Waals surface area contributed by atoms with Crippen LogP contribution < -0.4 is 24.7 Å². The molecule has 4 aromatic rings. The van der Waals surface area contributed by atoms with Crippen molar-refractivity contribution < 1.29 is 28.6 Å². The highest BCUT2D eigenvalue weighted by atomic mass is 32.1. The molecule has 0 aliphatic carbocycles. The van der Waals surface area contributed by atoms with Gasteiger partial charge in [0.25, 0.3) is 5.56 Å². The highest BCUT2D eigenvalue weighted by Gasteiger charge is 2.33. The SMILES string of the molecule is CCOC(=O)C1=C(C)N=c2s/c(=C\c3ccc(-c4ccc(C(=O)[O-])cc4C)o3)c(=O)n2[C@@H]1c1ccc(OC)cc1. The minimum absolute atomic E-state index is 0.0815. The van der Waals surface area contributed by atoms with E-state index in [2.05, 4.69) is 4.99 Å². The number of carboxylic acids is 1. The van der Waals surface area contributed by atoms with E-state index in [4.69, 9.17) is 13.9 Å². The standard InChI is InChI=1S/C30H26N2O7S/c1-5-38-29(36)25-17(3)31-30-32(26(25)18-6-9-20(37-4)10-7-18)27(33)24(40-30)15-21-11-13-23(39-21)22-12-8-19(28(34)35)14-16(22)2/h6-15,26H,5H2,1-4H3,(H,34,35)/p-1/b24-15-/t26-/m1/s1. The maximum atomic E-state index is 13.8. The molecule has 1 aliphatic heterocycles. The number of aromatic nitrogens is 1. The molecule has 10 heteroatoms. The van der Waals surface area contributed by atoms with E-state index in [0.29, 0.717) is 49.0 Å². The van der Waals surface area contributed by atoms with Crippen LogP contribution >= 0.6 is 11.3 Å². The van der Waals surface area contributed by atoms with Crippen molar-refractivity contribution in [2.75, 3.05) is 13.7 Å². The first-order chi connectivity index (χ1) is 19.2. The van der Waals surface area contributed by atoms with Gasteiger partial charge in [-0.05, 0) is 67.8 Å². The van der Waals surface area contributed by atoms with Gasteiger partial charge in [-0.2, -0.15) is 0 Å². The summed E-state index contributed by atoms with van der Waals surface area (Å²) in [6.45, 7) is 5.42. The summed E-state index contributed by atoms with van der Waals surface area (Å²) in [5.41, 5.74) is 2.67. The van der Waals surface area contributed by atoms with E-state index in [0.717, 1.165) is 5.56 Å². The number of hydrogen-bond donors (Lipinski definition) is 0. The fraction of sp³-hybridized carbons (Fsp3) is 0.200. The molecule has 0 saturated carbocycles. The number of ether oxygens (including phenoxy) is 2. The maximum Gasteiger partial charge on any atom is 0.338 e. The number of rotatable bonds is 7. The minimum atomic E-state index is -1.25. The lowest BCUT2D eigenvalue weighted by molar-refractivity contribution is -0.255. The molecule has 0 unspecified atom stereocenters. The van der Waals surface area contributed by atoms with E-state index >= 15 is 0 Å². The first-order valence-corrected chi connectivity index (χ1v) is 13.3. The number of allylic oxidation sites excluding steroid dienone is 1. The second-order valence-corrected chi connectivity index (χ2v) is 10.1. The van der Waals surface area contributed by atoms with Crippen molar-refractivity contribution in [3.63, 3.8) is 0 Å². The normalized spacial score (nSPS) is 15.0. The second-order valence-electron chi connectivity index (χ2n) is 9.09. The Hall–Kier alpha value is -4.70. The molecule has 0 spiro atoms. The zero-order chi connectivity index (χ0) is 28.6. The number of carbonyl (C=O) groups is 2. The largest absolute Gasteiger partial charge is 0.545 e. The zero-order valence-corrected chi connectivity index (χ0v) is 23.0. The molecule has 0 bridgehead atoms. The number of benzene rings is 2. The summed E-state index contributed by atoms with van der Waals surface area (Å²) in [4.78, 5) is 43.0. The third-order valence-electron chi connectivity index (χ3n) is 6.58. The van der Waals surface area contributed by atoms with Crippen LogP contribution in [-0.4, -0.2) is 30.2 Å². The second kappa shape index (κ2) is 10.8. The highest BCUT2D eigenvalue weighted by molar-refractivity contribution is 7.07. The Labute approximate surface area is 232 Å². The van der Waals surface area contributed by atoms with Crippen LogP contribution in [0.25, 0.3) is 17.4 Å². The van der Waals surface area contributed by atoms with Crippen molar-refractivity contribution in [2.45, 2.75) is 26.8 Å². The molecule has 0 radical (unpaired) electrons. The fourth-order valence-corrected chi connectivity index (χ4v) is 5.69. The Morgan fingerprint density at radius 3 is 2.52 bits per heavy atom. The number of esters is 1. The number of aromatic carboxylic acids is 1. The predicted octanol–water partition coefficient (Wildman–Crippen LogP) is 2.74. The van der Waals surface area contributed by atoms with Gasteiger partial charge in [-0.15, -0.1) is 0 Å². The van der Waals surface area contributed by atoms with Gasteiger partial charge in [0, 0.05) is 11.6 Å². The lowest BCUT2D eigenvalue weighted by Crippen LogP contribution is -2.39. The van der Waals surface area contributed by atoms with Gasteiger partial charge in [-0.3, -0.25) is 9.36 Å². The van der Waals surface area contributed by atoms with Gasteiger partial charge in [0.1, 0.15) is 17.3 Å². The van der Waals surface area contributed by atoms with Crippen molar-refractivity contribution in [1.29, 1.82) is 0 Å². The highest BCUT2D eigenvalue weighted by Crippen LogP contribution is 2.32. The Bertz CT molecular complexity index is 1840. The number of furan rings is 1. The Morgan fingerprint density at radius 1 is 1.12 bits per heavy atom. The average Bonchev–Trinajstić information content (AvgIpc) is 3.52. The predicted molar refractivity (Wildman–Crippen MR) is 147 cm³/mol. The molecule has 3 heterocycles. The Balaban J connectivity index is 1.60. The number of fused-ring (bicyclic) bond motifs is 1. The Morgan fingerprint density at radius 2 is 1.88 bits per heavy atom. The van der Waals surface area contributed by atoms with Crippen LogP contribution in [0.4, 0.5) is 0 Å². The van der Waals surface area contributed by atoms with Crippen LogP contribution in [0.5, 0.6) is 5.75 Å². The van der Waals surface area contributed by atoms with Crippen LogP contribution in [-0.2, 0) is 9.53 Å². The van der Waals surface area contributed by atoms with Crippen LogP contribution in [0, 0.1) is 6.92 Å². The fourth-order valence-electron chi connectivity index (χ4n) is 4.66. The van der Waals surface area contributed by atoms with Crippen molar-refractivity contribution in [2.24, 2.45) is 4.99 Å². The average molecular weight is 558 g/mol. The van der Waals surface area contributed by atoms with Crippen LogP contribution in [0.3, 0.4) is 0 Å². The number of nitrogens with zero attached hydrogens (tertiary/aromatic N) is 2. The molecular formula is C30H25N2O7S-. The van der Waals surface area contributed by atoms with Gasteiger partial charge in [-0.25, -0.2) is 9.79 Å². The molecule has 1 atom stereocenters. The smallest absolute Gasteiger partial charge is 0.338 e. The molecule has 5 rings (SSSR count). The van der Waals surface area contributed by atoms with E-state index in [-0.39, 0.29) is 17.7 Å². The van der Waals surface area contributed by atoms with E-state index < -0.39 is 18.0 Å². The lowest BCUT2D eigenvalue weighted by atomic mass is 9.96. The summed E-state index contributed by atoms with van der Waals surface area (Å²) in [5.74, 6) is -0.175. The van der Waals surface area contributed by atoms with E-state index in [1.807, 2.05) is 12.1 Å². The molecule has 2 aromatic heterocycles. The first kappa shape index (κ1) is 26.9. The molecule has 2 aromatic carbocycles. The van der Waals surface area contributed by atoms with Gasteiger partial charge in [0.15, 0.2) is 4.80 Å². The summed E-state index contributed by atoms with van der Waals surface area (Å²) in [6, 6.07) is 14.6. The minimum Gasteiger partial charge on any atom is -0.545 e. The van der Waals surface area contributed by atoms with Gasteiger partial charge in [0.05, 0.1) is 41.5 Å². The van der Waals surface area contributed by atoms with Crippen molar-refractivity contribution in [1.82, 2.24) is 4.57 Å². The number of carbonyl (C=O) groups excluding carboxylic acids is 2. The quantitative estimate of drug-likeness (QED) is 0.320. The zero-order valence-electron chi connectivity index (χ0n) is 22.2. The monoisotopic (exact) mass is 557 g/mol. The summed E-state index contributed by atoms with van der Waals surface area (Å²) in [7, 11) is 1.57. The molecule has 0 N–H and O–H groups in total. The van der Waals surface area contributed by atoms with Crippen molar-refractivity contribution in [3.8, 4) is 17.1 Å².